The largest absolute Gasteiger partial charge is 0.340 e. The molecule has 0 saturated heterocycles. The Bertz CT molecular complexity index is 1040. The Labute approximate surface area is 195 Å². The SMILES string of the molecule is CSCCC(NC(=O)c1ccc(Cl)cc1Cl)C(=O)Nc1cccc(Cn2cccn2)c1. The molecule has 9 heteroatoms. The van der Waals surface area contributed by atoms with Crippen molar-refractivity contribution in [2.24, 2.45) is 0 Å². The maximum Gasteiger partial charge on any atom is 0.253 e. The molecule has 0 bridgehead atoms. The second-order valence-corrected chi connectivity index (χ2v) is 8.65. The number of amides is 2. The standard InChI is InChI=1S/C22H22Cl2N4O2S/c1-31-11-8-20(27-21(29)18-7-6-16(23)13-19(18)24)22(30)26-17-5-2-4-15(12-17)14-28-10-3-9-25-28/h2-7,9-10,12-13,20H,8,11,14H2,1H3,(H,26,30)(H,27,29). The van der Waals surface area contributed by atoms with Gasteiger partial charge in [-0.05, 0) is 60.4 Å². The summed E-state index contributed by atoms with van der Waals surface area (Å²) in [5, 5.41) is 10.6. The maximum atomic E-state index is 12.9. The van der Waals surface area contributed by atoms with Crippen LogP contribution in [0.3, 0.4) is 0 Å². The molecule has 0 radical (unpaired) electrons. The van der Waals surface area contributed by atoms with Crippen LogP contribution in [0.15, 0.2) is 60.9 Å². The minimum absolute atomic E-state index is 0.236. The smallest absolute Gasteiger partial charge is 0.253 e. The lowest BCUT2D eigenvalue weighted by molar-refractivity contribution is -0.118. The number of nitrogens with zero attached hydrogens (tertiary/aromatic N) is 2. The number of rotatable bonds is 9. The normalized spacial score (nSPS) is 11.7. The highest BCUT2D eigenvalue weighted by molar-refractivity contribution is 7.98. The Hall–Kier alpha value is -2.48. The molecule has 2 aromatic carbocycles. The fourth-order valence-electron chi connectivity index (χ4n) is 2.97. The van der Waals surface area contributed by atoms with E-state index in [0.29, 0.717) is 29.4 Å². The summed E-state index contributed by atoms with van der Waals surface area (Å²) in [6.45, 7) is 0.596. The molecule has 1 unspecified atom stereocenters. The van der Waals surface area contributed by atoms with Crippen LogP contribution in [0.25, 0.3) is 0 Å². The summed E-state index contributed by atoms with van der Waals surface area (Å²) in [5.41, 5.74) is 1.93. The topological polar surface area (TPSA) is 76.0 Å². The van der Waals surface area contributed by atoms with Crippen LogP contribution in [0.2, 0.25) is 10.0 Å². The number of hydrogen-bond acceptors (Lipinski definition) is 4. The number of hydrogen-bond donors (Lipinski definition) is 2. The van der Waals surface area contributed by atoms with Gasteiger partial charge in [0.05, 0.1) is 17.1 Å². The number of halogens is 2. The van der Waals surface area contributed by atoms with Gasteiger partial charge in [0, 0.05) is 23.1 Å². The lowest BCUT2D eigenvalue weighted by atomic mass is 10.1. The van der Waals surface area contributed by atoms with Gasteiger partial charge in [-0.3, -0.25) is 14.3 Å². The highest BCUT2D eigenvalue weighted by Gasteiger charge is 2.22. The predicted octanol–water partition coefficient (Wildman–Crippen LogP) is 4.73. The van der Waals surface area contributed by atoms with Crippen molar-refractivity contribution in [2.45, 2.75) is 19.0 Å². The van der Waals surface area contributed by atoms with E-state index in [1.54, 1.807) is 34.8 Å². The number of aromatic nitrogens is 2. The van der Waals surface area contributed by atoms with Crippen LogP contribution < -0.4 is 10.6 Å². The molecule has 0 spiro atoms. The molecule has 1 heterocycles. The summed E-state index contributed by atoms with van der Waals surface area (Å²) >= 11 is 13.6. The summed E-state index contributed by atoms with van der Waals surface area (Å²) in [4.78, 5) is 25.6. The van der Waals surface area contributed by atoms with E-state index in [9.17, 15) is 9.59 Å². The molecule has 31 heavy (non-hydrogen) atoms. The molecule has 2 amide bonds. The molecule has 3 aromatic rings. The maximum absolute atomic E-state index is 12.9. The highest BCUT2D eigenvalue weighted by Crippen LogP contribution is 2.21. The van der Waals surface area contributed by atoms with Crippen molar-refractivity contribution in [3.8, 4) is 0 Å². The van der Waals surface area contributed by atoms with Gasteiger partial charge >= 0.3 is 0 Å². The minimum atomic E-state index is -0.707. The zero-order valence-electron chi connectivity index (χ0n) is 16.8. The van der Waals surface area contributed by atoms with Crippen LogP contribution >= 0.6 is 35.0 Å². The molecular formula is C22H22Cl2N4O2S. The van der Waals surface area contributed by atoms with E-state index in [2.05, 4.69) is 15.7 Å². The second kappa shape index (κ2) is 11.2. The van der Waals surface area contributed by atoms with Crippen molar-refractivity contribution < 1.29 is 9.59 Å². The zero-order valence-corrected chi connectivity index (χ0v) is 19.2. The Morgan fingerprint density at radius 3 is 2.71 bits per heavy atom. The van der Waals surface area contributed by atoms with Crippen molar-refractivity contribution in [1.82, 2.24) is 15.1 Å². The first kappa shape index (κ1) is 23.2. The molecule has 1 atom stereocenters. The number of thioether (sulfide) groups is 1. The third kappa shape index (κ3) is 6.75. The van der Waals surface area contributed by atoms with Crippen LogP contribution in [-0.4, -0.2) is 39.6 Å². The number of carbonyl (C=O) groups is 2. The lowest BCUT2D eigenvalue weighted by Crippen LogP contribution is -2.44. The first-order valence-electron chi connectivity index (χ1n) is 9.58. The third-order valence-electron chi connectivity index (χ3n) is 4.51. The van der Waals surface area contributed by atoms with E-state index in [1.807, 2.05) is 42.8 Å². The molecule has 0 aliphatic heterocycles. The van der Waals surface area contributed by atoms with Crippen molar-refractivity contribution in [3.63, 3.8) is 0 Å². The van der Waals surface area contributed by atoms with Crippen LogP contribution in [0.1, 0.15) is 22.3 Å². The van der Waals surface area contributed by atoms with E-state index in [-0.39, 0.29) is 16.5 Å². The zero-order chi connectivity index (χ0) is 22.2. The molecule has 6 nitrogen and oxygen atoms in total. The number of benzene rings is 2. The molecule has 0 aliphatic rings. The Morgan fingerprint density at radius 1 is 1.16 bits per heavy atom. The van der Waals surface area contributed by atoms with Gasteiger partial charge in [0.15, 0.2) is 0 Å². The van der Waals surface area contributed by atoms with E-state index < -0.39 is 11.9 Å². The molecule has 0 aliphatic carbocycles. The van der Waals surface area contributed by atoms with Crippen molar-refractivity contribution in [3.05, 3.63) is 82.1 Å². The van der Waals surface area contributed by atoms with Crippen molar-refractivity contribution in [2.75, 3.05) is 17.3 Å². The van der Waals surface area contributed by atoms with Gasteiger partial charge in [-0.1, -0.05) is 35.3 Å². The van der Waals surface area contributed by atoms with Gasteiger partial charge in [-0.2, -0.15) is 16.9 Å². The predicted molar refractivity (Wildman–Crippen MR) is 127 cm³/mol. The monoisotopic (exact) mass is 476 g/mol. The average Bonchev–Trinajstić information content (AvgIpc) is 3.24. The Balaban J connectivity index is 1.70. The molecule has 0 fully saturated rings. The van der Waals surface area contributed by atoms with Crippen molar-refractivity contribution >= 4 is 52.5 Å². The molecule has 2 N–H and O–H groups in total. The molecule has 162 valence electrons. The lowest BCUT2D eigenvalue weighted by Gasteiger charge is -2.19. The Morgan fingerprint density at radius 2 is 2.00 bits per heavy atom. The fourth-order valence-corrected chi connectivity index (χ4v) is 3.94. The summed E-state index contributed by atoms with van der Waals surface area (Å²) in [6.07, 6.45) is 6.03. The van der Waals surface area contributed by atoms with Gasteiger partial charge in [0.25, 0.3) is 5.91 Å². The summed E-state index contributed by atoms with van der Waals surface area (Å²) in [7, 11) is 0. The fraction of sp³-hybridized carbons (Fsp3) is 0.227. The van der Waals surface area contributed by atoms with Crippen LogP contribution in [0, 0.1) is 0 Å². The molecular weight excluding hydrogens is 455 g/mol. The van der Waals surface area contributed by atoms with Gasteiger partial charge in [0.2, 0.25) is 5.91 Å². The van der Waals surface area contributed by atoms with Crippen LogP contribution in [-0.2, 0) is 11.3 Å². The molecule has 3 rings (SSSR count). The number of nitrogens with one attached hydrogen (secondary N) is 2. The van der Waals surface area contributed by atoms with Gasteiger partial charge in [-0.15, -0.1) is 0 Å². The summed E-state index contributed by atoms with van der Waals surface area (Å²) < 4.78 is 1.80. The second-order valence-electron chi connectivity index (χ2n) is 6.82. The van der Waals surface area contributed by atoms with E-state index in [4.69, 9.17) is 23.2 Å². The highest BCUT2D eigenvalue weighted by atomic mass is 35.5. The first-order chi connectivity index (χ1) is 15.0. The molecule has 1 aromatic heterocycles. The summed E-state index contributed by atoms with van der Waals surface area (Å²) in [5.74, 6) is 0.00515. The average molecular weight is 477 g/mol. The van der Waals surface area contributed by atoms with Gasteiger partial charge in [-0.25, -0.2) is 0 Å². The van der Waals surface area contributed by atoms with Gasteiger partial charge in [0.1, 0.15) is 6.04 Å². The number of anilines is 1. The minimum Gasteiger partial charge on any atom is -0.340 e. The quantitative estimate of drug-likeness (QED) is 0.467. The van der Waals surface area contributed by atoms with E-state index in [0.717, 1.165) is 5.56 Å². The first-order valence-corrected chi connectivity index (χ1v) is 11.7. The van der Waals surface area contributed by atoms with E-state index >= 15 is 0 Å². The number of carbonyl (C=O) groups excluding carboxylic acids is 2. The van der Waals surface area contributed by atoms with Crippen molar-refractivity contribution in [1.29, 1.82) is 0 Å². The third-order valence-corrected chi connectivity index (χ3v) is 5.70. The summed E-state index contributed by atoms with van der Waals surface area (Å²) in [6, 6.07) is 13.3. The van der Waals surface area contributed by atoms with Crippen LogP contribution in [0.4, 0.5) is 5.69 Å². The van der Waals surface area contributed by atoms with Gasteiger partial charge < -0.3 is 10.6 Å². The van der Waals surface area contributed by atoms with E-state index in [1.165, 1.54) is 6.07 Å². The van der Waals surface area contributed by atoms with Crippen LogP contribution in [0.5, 0.6) is 0 Å². The molecule has 0 saturated carbocycles. The Kier molecular flexibility index (Phi) is 8.40.